The third-order valence-electron chi connectivity index (χ3n) is 11.1. The average Bonchev–Trinajstić information content (AvgIpc) is 3.36. The summed E-state index contributed by atoms with van der Waals surface area (Å²) in [7, 11) is 5.93. The first-order valence-electron chi connectivity index (χ1n) is 28.0. The Morgan fingerprint density at radius 3 is 1.16 bits per heavy atom. The first kappa shape index (κ1) is 68.2. The molecule has 9 heteroatoms. The van der Waals surface area contributed by atoms with Crippen molar-refractivity contribution < 1.29 is 42.9 Å². The fraction of sp³-hybridized carbons (Fsp3) is 0.578. The molecule has 2 atom stereocenters. The zero-order chi connectivity index (χ0) is 53.4. The quantitative estimate of drug-likeness (QED) is 0.0211. The lowest BCUT2D eigenvalue weighted by atomic mass is 10.1. The van der Waals surface area contributed by atoms with Crippen LogP contribution in [-0.2, 0) is 33.3 Å². The molecule has 0 saturated carbocycles. The van der Waals surface area contributed by atoms with Crippen LogP contribution in [0.15, 0.2) is 146 Å². The van der Waals surface area contributed by atoms with Gasteiger partial charge in [-0.15, -0.1) is 0 Å². The molecule has 0 heterocycles. The molecule has 0 aliphatic rings. The molecule has 0 radical (unpaired) electrons. The number of carbonyl (C=O) groups is 3. The molecule has 410 valence electrons. The summed E-state index contributed by atoms with van der Waals surface area (Å²) in [6.45, 7) is 4.61. The number of carboxylic acid groups (broad SMARTS) is 1. The maximum atomic E-state index is 12.8. The van der Waals surface area contributed by atoms with E-state index in [-0.39, 0.29) is 38.6 Å². The number of aliphatic carboxylic acids is 1. The minimum absolute atomic E-state index is 0.171. The molecule has 0 fully saturated rings. The van der Waals surface area contributed by atoms with Crippen LogP contribution in [-0.4, -0.2) is 87.4 Å². The molecule has 0 aromatic carbocycles. The molecule has 0 aliphatic carbocycles. The molecule has 9 nitrogen and oxygen atoms in total. The van der Waals surface area contributed by atoms with Crippen molar-refractivity contribution in [2.45, 2.75) is 193 Å². The van der Waals surface area contributed by atoms with Crippen molar-refractivity contribution in [3.05, 3.63) is 146 Å². The molecule has 0 rings (SSSR count). The van der Waals surface area contributed by atoms with Gasteiger partial charge in [0, 0.05) is 12.8 Å². The minimum atomic E-state index is -1.53. The van der Waals surface area contributed by atoms with E-state index >= 15 is 0 Å². The molecule has 0 aliphatic heterocycles. The number of carbonyl (C=O) groups excluding carboxylic acids is 2. The fourth-order valence-electron chi connectivity index (χ4n) is 6.78. The van der Waals surface area contributed by atoms with Gasteiger partial charge < -0.3 is 28.5 Å². The van der Waals surface area contributed by atoms with Crippen LogP contribution in [0, 0.1) is 0 Å². The first-order chi connectivity index (χ1) is 35.6. The highest BCUT2D eigenvalue weighted by Gasteiger charge is 2.25. The van der Waals surface area contributed by atoms with E-state index in [2.05, 4.69) is 160 Å². The summed E-state index contributed by atoms with van der Waals surface area (Å²) in [4.78, 5) is 37.3. The van der Waals surface area contributed by atoms with E-state index in [0.29, 0.717) is 17.4 Å². The van der Waals surface area contributed by atoms with Crippen LogP contribution in [0.4, 0.5) is 0 Å². The van der Waals surface area contributed by atoms with Crippen molar-refractivity contribution >= 4 is 17.9 Å². The predicted octanol–water partition coefficient (Wildman–Crippen LogP) is 16.4. The van der Waals surface area contributed by atoms with Gasteiger partial charge in [-0.3, -0.25) is 9.59 Å². The molecule has 0 amide bonds. The van der Waals surface area contributed by atoms with Gasteiger partial charge in [-0.2, -0.15) is 0 Å². The molecule has 0 bridgehead atoms. The van der Waals surface area contributed by atoms with E-state index in [4.69, 9.17) is 18.9 Å². The second kappa shape index (κ2) is 53.5. The van der Waals surface area contributed by atoms with Crippen LogP contribution in [0.3, 0.4) is 0 Å². The van der Waals surface area contributed by atoms with E-state index in [1.807, 2.05) is 21.1 Å². The topological polar surface area (TPSA) is 108 Å². The summed E-state index contributed by atoms with van der Waals surface area (Å²) < 4.78 is 22.7. The third-order valence-corrected chi connectivity index (χ3v) is 11.1. The maximum Gasteiger partial charge on any atom is 0.361 e. The zero-order valence-corrected chi connectivity index (χ0v) is 46.5. The van der Waals surface area contributed by atoms with Gasteiger partial charge in [0.2, 0.25) is 0 Å². The Morgan fingerprint density at radius 2 is 0.781 bits per heavy atom. The molecule has 1 N–H and O–H groups in total. The van der Waals surface area contributed by atoms with Gasteiger partial charge in [-0.1, -0.05) is 198 Å². The summed E-state index contributed by atoms with van der Waals surface area (Å²) >= 11 is 0. The van der Waals surface area contributed by atoms with E-state index in [1.54, 1.807) is 0 Å². The number of ether oxygens (including phenoxy) is 4. The van der Waals surface area contributed by atoms with Crippen LogP contribution in [0.25, 0.3) is 0 Å². The Morgan fingerprint density at radius 1 is 0.425 bits per heavy atom. The van der Waals surface area contributed by atoms with Crippen molar-refractivity contribution in [3.8, 4) is 0 Å². The van der Waals surface area contributed by atoms with E-state index in [9.17, 15) is 19.5 Å². The fourth-order valence-corrected chi connectivity index (χ4v) is 6.78. The summed E-state index contributed by atoms with van der Waals surface area (Å²) in [5.74, 6) is -2.08. The van der Waals surface area contributed by atoms with E-state index in [0.717, 1.165) is 141 Å². The van der Waals surface area contributed by atoms with Crippen LogP contribution in [0.2, 0.25) is 0 Å². The number of nitrogens with zero attached hydrogens (tertiary/aromatic N) is 1. The summed E-state index contributed by atoms with van der Waals surface area (Å²) in [6.07, 6.45) is 75.0. The average molecular weight is 1010 g/mol. The molecule has 0 aromatic heterocycles. The minimum Gasteiger partial charge on any atom is -0.477 e. The van der Waals surface area contributed by atoms with Gasteiger partial charge in [0.1, 0.15) is 13.2 Å². The van der Waals surface area contributed by atoms with Crippen molar-refractivity contribution in [1.29, 1.82) is 0 Å². The number of hydrogen-bond acceptors (Lipinski definition) is 7. The number of hydrogen-bond donors (Lipinski definition) is 1. The second-order valence-electron chi connectivity index (χ2n) is 19.2. The Balaban J connectivity index is 4.32. The van der Waals surface area contributed by atoms with Crippen molar-refractivity contribution in [1.82, 2.24) is 0 Å². The molecule has 2 unspecified atom stereocenters. The highest BCUT2D eigenvalue weighted by atomic mass is 16.7. The number of allylic oxidation sites excluding steroid dienone is 24. The number of quaternary nitrogens is 1. The molecular weight excluding hydrogens is 911 g/mol. The van der Waals surface area contributed by atoms with Crippen LogP contribution >= 0.6 is 0 Å². The zero-order valence-electron chi connectivity index (χ0n) is 46.5. The number of carboxylic acids is 1. The first-order valence-corrected chi connectivity index (χ1v) is 28.0. The Labute approximate surface area is 445 Å². The summed E-state index contributed by atoms with van der Waals surface area (Å²) in [6, 6.07) is 0. The molecular formula is C64H102NO8+. The van der Waals surface area contributed by atoms with Crippen LogP contribution < -0.4 is 0 Å². The van der Waals surface area contributed by atoms with E-state index < -0.39 is 24.3 Å². The van der Waals surface area contributed by atoms with Crippen molar-refractivity contribution in [3.63, 3.8) is 0 Å². The number of unbranched alkanes of at least 4 members (excludes halogenated alkanes) is 10. The second-order valence-corrected chi connectivity index (χ2v) is 19.2. The maximum absolute atomic E-state index is 12.8. The van der Waals surface area contributed by atoms with Crippen LogP contribution in [0.5, 0.6) is 0 Å². The van der Waals surface area contributed by atoms with Gasteiger partial charge >= 0.3 is 17.9 Å². The smallest absolute Gasteiger partial charge is 0.361 e. The highest BCUT2D eigenvalue weighted by Crippen LogP contribution is 2.12. The number of esters is 2. The lowest BCUT2D eigenvalue weighted by Gasteiger charge is -2.25. The Kier molecular flexibility index (Phi) is 49.9. The predicted molar refractivity (Wildman–Crippen MR) is 308 cm³/mol. The standard InChI is InChI=1S/C64H101NO8/c1-6-8-10-12-14-16-18-20-21-22-23-24-25-26-27-28-29-30-31-32-33-34-35-36-37-38-39-40-41-43-45-47-49-51-53-55-62(67)73-60(59-72-64(63(68)69)70-57-56-65(3,4)5)58-71-61(66)54-52-50-48-46-44-42-19-17-15-13-11-9-7-2/h8,10-11,13-14,16-17,19-21,23-24,26-27,29-30,32-33,35-36,38-39,41,43,60,64H,6-7,9,12,15,18,22,25,28,31,34,37,40,42,44-59H2,1-5H3/p+1/b10-8-,13-11-,16-14-,19-17-,21-20-,24-23-,27-26-,30-29-,33-32-,36-35-,39-38-,43-41-. The number of rotatable bonds is 49. The molecule has 0 aromatic rings. The Hall–Kier alpha value is -4.83. The molecule has 0 spiro atoms. The SMILES string of the molecule is CC/C=C\C/C=C\C/C=C\C/C=C\C/C=C\C/C=C\C/C=C\C/C=C\C/C=C\C/C=C\CCCCCCC(=O)OC(COC(=O)CCCCCCC/C=C\C/C=C\CCC)COC(OCC[N+](C)(C)C)C(=O)O. The van der Waals surface area contributed by atoms with Gasteiger partial charge in [0.15, 0.2) is 6.10 Å². The van der Waals surface area contributed by atoms with Crippen molar-refractivity contribution in [2.24, 2.45) is 0 Å². The lowest BCUT2D eigenvalue weighted by molar-refractivity contribution is -0.870. The van der Waals surface area contributed by atoms with Gasteiger partial charge in [-0.25, -0.2) is 4.79 Å². The lowest BCUT2D eigenvalue weighted by Crippen LogP contribution is -2.40. The van der Waals surface area contributed by atoms with Gasteiger partial charge in [0.05, 0.1) is 34.4 Å². The van der Waals surface area contributed by atoms with Crippen LogP contribution in [0.1, 0.15) is 181 Å². The highest BCUT2D eigenvalue weighted by molar-refractivity contribution is 5.71. The van der Waals surface area contributed by atoms with Gasteiger partial charge in [-0.05, 0) is 116 Å². The van der Waals surface area contributed by atoms with Gasteiger partial charge in [0.25, 0.3) is 6.29 Å². The Bertz CT molecular complexity index is 1700. The largest absolute Gasteiger partial charge is 0.477 e. The number of likely N-dealkylation sites (N-methyl/N-ethyl adjacent to an activating group) is 1. The van der Waals surface area contributed by atoms with E-state index in [1.165, 1.54) is 6.42 Å². The normalized spacial score (nSPS) is 13.9. The summed E-state index contributed by atoms with van der Waals surface area (Å²) in [5.41, 5.74) is 0. The molecule has 0 saturated heterocycles. The summed E-state index contributed by atoms with van der Waals surface area (Å²) in [5, 5.41) is 9.67. The van der Waals surface area contributed by atoms with Crippen molar-refractivity contribution in [2.75, 3.05) is 47.5 Å². The molecule has 73 heavy (non-hydrogen) atoms. The third kappa shape index (κ3) is 54.8. The monoisotopic (exact) mass is 1010 g/mol.